The number of anilines is 1. The molecule has 6 heterocycles. The second-order valence-corrected chi connectivity index (χ2v) is 12.5. The van der Waals surface area contributed by atoms with E-state index in [1.165, 1.54) is 22.8 Å². The Balaban J connectivity index is 1.57. The first kappa shape index (κ1) is 30.3. The third-order valence-electron chi connectivity index (χ3n) is 8.95. The molecule has 13 heteroatoms. The molecule has 2 atom stereocenters. The maximum Gasteiger partial charge on any atom is 0.355 e. The summed E-state index contributed by atoms with van der Waals surface area (Å²) >= 11 is 0. The van der Waals surface area contributed by atoms with Crippen LogP contribution < -0.4 is 10.6 Å². The number of fused-ring (bicyclic) bond motifs is 7. The van der Waals surface area contributed by atoms with Gasteiger partial charge in [-0.25, -0.2) is 27.8 Å². The van der Waals surface area contributed by atoms with Crippen LogP contribution in [0.1, 0.15) is 56.1 Å². The fraction of sp³-hybridized carbons (Fsp3) is 0.324. The van der Waals surface area contributed by atoms with Crippen molar-refractivity contribution in [3.05, 3.63) is 100 Å². The molecule has 0 spiro atoms. The molecule has 1 fully saturated rings. The molecule has 2 aliphatic heterocycles. The number of hydrogen-bond acceptors (Lipinski definition) is 8. The summed E-state index contributed by atoms with van der Waals surface area (Å²) in [5.41, 5.74) is 2.00. The Labute approximate surface area is 269 Å². The summed E-state index contributed by atoms with van der Waals surface area (Å²) in [6, 6.07) is 7.07. The van der Waals surface area contributed by atoms with E-state index in [4.69, 9.17) is 4.98 Å². The SMILES string of the molecule is C=CC(=O)N1C[C@H](C)N(c2nc(=O)n3c4nc(c(F)cc24)-c2c(F)cccc2Cc2cn(nn2)Cc2ccnc(C(C)C)c2-3)C[C@H]1C. The molecule has 4 bridgehead atoms. The highest BCUT2D eigenvalue weighted by Gasteiger charge is 2.34. The van der Waals surface area contributed by atoms with Gasteiger partial charge in [-0.3, -0.25) is 9.78 Å². The summed E-state index contributed by atoms with van der Waals surface area (Å²) in [5, 5.41) is 8.87. The van der Waals surface area contributed by atoms with Crippen LogP contribution in [0.4, 0.5) is 14.6 Å². The number of amides is 1. The largest absolute Gasteiger partial charge is 0.355 e. The van der Waals surface area contributed by atoms with Crippen molar-refractivity contribution in [3.63, 3.8) is 0 Å². The summed E-state index contributed by atoms with van der Waals surface area (Å²) in [6.45, 7) is 12.3. The van der Waals surface area contributed by atoms with Crippen molar-refractivity contribution in [2.75, 3.05) is 18.0 Å². The van der Waals surface area contributed by atoms with Gasteiger partial charge in [0.15, 0.2) is 5.65 Å². The number of rotatable bonds is 3. The van der Waals surface area contributed by atoms with E-state index in [0.29, 0.717) is 41.3 Å². The minimum atomic E-state index is -0.771. The Morgan fingerprint density at radius 2 is 1.87 bits per heavy atom. The Morgan fingerprint density at radius 3 is 2.64 bits per heavy atom. The van der Waals surface area contributed by atoms with Gasteiger partial charge in [0.2, 0.25) is 5.91 Å². The van der Waals surface area contributed by atoms with E-state index in [1.54, 1.807) is 40.2 Å². The van der Waals surface area contributed by atoms with Gasteiger partial charge in [-0.1, -0.05) is 37.8 Å². The lowest BCUT2D eigenvalue weighted by molar-refractivity contribution is -0.128. The van der Waals surface area contributed by atoms with E-state index in [1.807, 2.05) is 32.6 Å². The van der Waals surface area contributed by atoms with Crippen LogP contribution in [0.3, 0.4) is 0 Å². The Morgan fingerprint density at radius 1 is 1.06 bits per heavy atom. The molecule has 0 radical (unpaired) electrons. The summed E-state index contributed by atoms with van der Waals surface area (Å²) in [5.74, 6) is -1.51. The molecule has 1 saturated heterocycles. The van der Waals surface area contributed by atoms with Gasteiger partial charge in [-0.2, -0.15) is 4.98 Å². The van der Waals surface area contributed by atoms with Gasteiger partial charge >= 0.3 is 5.69 Å². The van der Waals surface area contributed by atoms with Gasteiger partial charge in [-0.05, 0) is 49.6 Å². The maximum absolute atomic E-state index is 16.4. The molecule has 47 heavy (non-hydrogen) atoms. The average molecular weight is 638 g/mol. The molecule has 240 valence electrons. The normalized spacial score (nSPS) is 17.6. The quantitative estimate of drug-likeness (QED) is 0.263. The van der Waals surface area contributed by atoms with E-state index in [9.17, 15) is 9.59 Å². The Kier molecular flexibility index (Phi) is 7.41. The van der Waals surface area contributed by atoms with E-state index in [-0.39, 0.29) is 65.0 Å². The molecular weight excluding hydrogens is 604 g/mol. The van der Waals surface area contributed by atoms with Crippen molar-refractivity contribution in [1.29, 1.82) is 0 Å². The number of carbonyl (C=O) groups excluding carboxylic acids is 1. The minimum absolute atomic E-state index is 0.0212. The lowest BCUT2D eigenvalue weighted by Gasteiger charge is -2.44. The number of piperazine rings is 1. The molecule has 0 saturated carbocycles. The number of nitrogens with zero attached hydrogens (tertiary/aromatic N) is 9. The smallest absolute Gasteiger partial charge is 0.349 e. The van der Waals surface area contributed by atoms with Gasteiger partial charge < -0.3 is 9.80 Å². The predicted molar refractivity (Wildman–Crippen MR) is 172 cm³/mol. The van der Waals surface area contributed by atoms with Crippen LogP contribution in [0.5, 0.6) is 0 Å². The lowest BCUT2D eigenvalue weighted by atomic mass is 9.98. The van der Waals surface area contributed by atoms with Crippen molar-refractivity contribution >= 4 is 22.8 Å². The molecule has 2 aliphatic rings. The Bertz CT molecular complexity index is 2140. The second kappa shape index (κ2) is 11.5. The molecule has 4 aromatic heterocycles. The van der Waals surface area contributed by atoms with Gasteiger partial charge in [0, 0.05) is 55.1 Å². The molecule has 0 aliphatic carbocycles. The number of benzene rings is 1. The standard InChI is InChI=1S/C34H33F2N9O2/c1-6-27(46)43-14-20(5)44(15-19(43)4)32-24-13-26(36)30-28-21(8-7-9-25(28)35)12-23-17-42(41-40-23)16-22-10-11-37-29(18(2)3)31(22)45(33(24)38-30)34(47)39-32/h6-11,13,17-20H,1,12,14-16H2,2-5H3/t19-,20+/m1/s1. The van der Waals surface area contributed by atoms with Crippen molar-refractivity contribution < 1.29 is 13.6 Å². The van der Waals surface area contributed by atoms with Gasteiger partial charge in [-0.15, -0.1) is 5.10 Å². The van der Waals surface area contributed by atoms with Crippen molar-refractivity contribution in [3.8, 4) is 16.9 Å². The molecule has 11 nitrogen and oxygen atoms in total. The summed E-state index contributed by atoms with van der Waals surface area (Å²) in [7, 11) is 0. The second-order valence-electron chi connectivity index (χ2n) is 12.5. The van der Waals surface area contributed by atoms with Crippen molar-refractivity contribution in [2.24, 2.45) is 0 Å². The zero-order chi connectivity index (χ0) is 33.1. The van der Waals surface area contributed by atoms with Crippen molar-refractivity contribution in [2.45, 2.75) is 58.7 Å². The molecule has 1 amide bonds. The number of halogens is 2. The van der Waals surface area contributed by atoms with Crippen LogP contribution in [0.2, 0.25) is 0 Å². The topological polar surface area (TPSA) is 115 Å². The van der Waals surface area contributed by atoms with Crippen LogP contribution in [-0.4, -0.2) is 70.5 Å². The number of pyridine rings is 2. The first-order valence-corrected chi connectivity index (χ1v) is 15.5. The van der Waals surface area contributed by atoms with Crippen LogP contribution >= 0.6 is 0 Å². The van der Waals surface area contributed by atoms with Crippen LogP contribution in [0.25, 0.3) is 28.0 Å². The van der Waals surface area contributed by atoms with Crippen LogP contribution in [0.15, 0.2) is 60.2 Å². The highest BCUT2D eigenvalue weighted by Crippen LogP contribution is 2.36. The predicted octanol–water partition coefficient (Wildman–Crippen LogP) is 4.40. The minimum Gasteiger partial charge on any atom is -0.349 e. The Hall–Kier alpha value is -5.33. The zero-order valence-electron chi connectivity index (χ0n) is 26.5. The van der Waals surface area contributed by atoms with Gasteiger partial charge in [0.25, 0.3) is 0 Å². The summed E-state index contributed by atoms with van der Waals surface area (Å²) < 4.78 is 35.2. The monoisotopic (exact) mass is 637 g/mol. The van der Waals surface area contributed by atoms with Gasteiger partial charge in [0.1, 0.15) is 23.1 Å². The van der Waals surface area contributed by atoms with Gasteiger partial charge in [0.05, 0.1) is 29.0 Å². The molecule has 0 unspecified atom stereocenters. The van der Waals surface area contributed by atoms with E-state index in [0.717, 1.165) is 0 Å². The summed E-state index contributed by atoms with van der Waals surface area (Å²) in [4.78, 5) is 44.6. The third kappa shape index (κ3) is 5.06. The highest BCUT2D eigenvalue weighted by atomic mass is 19.1. The molecule has 5 aromatic rings. The number of aromatic nitrogens is 7. The fourth-order valence-corrected chi connectivity index (χ4v) is 6.72. The molecule has 7 rings (SSSR count). The first-order valence-electron chi connectivity index (χ1n) is 15.5. The zero-order valence-corrected chi connectivity index (χ0v) is 26.5. The lowest BCUT2D eigenvalue weighted by Crippen LogP contribution is -2.58. The van der Waals surface area contributed by atoms with E-state index >= 15 is 8.78 Å². The van der Waals surface area contributed by atoms with Crippen LogP contribution in [-0.2, 0) is 17.8 Å². The average Bonchev–Trinajstić information content (AvgIpc) is 3.48. The van der Waals surface area contributed by atoms with E-state index in [2.05, 4.69) is 26.9 Å². The first-order chi connectivity index (χ1) is 22.5. The molecular formula is C34H33F2N9O2. The number of hydrogen-bond donors (Lipinski definition) is 0. The van der Waals surface area contributed by atoms with Crippen molar-refractivity contribution in [1.82, 2.24) is 39.4 Å². The van der Waals surface area contributed by atoms with Crippen LogP contribution in [0, 0.1) is 11.6 Å². The third-order valence-corrected chi connectivity index (χ3v) is 8.95. The molecule has 0 N–H and O–H groups in total. The highest BCUT2D eigenvalue weighted by molar-refractivity contribution is 5.91. The molecule has 1 aromatic carbocycles. The summed E-state index contributed by atoms with van der Waals surface area (Å²) in [6.07, 6.45) is 4.89. The van der Waals surface area contributed by atoms with E-state index < -0.39 is 17.3 Å². The number of carbonyl (C=O) groups is 1. The fourth-order valence-electron chi connectivity index (χ4n) is 6.72. The maximum atomic E-state index is 16.4.